The summed E-state index contributed by atoms with van der Waals surface area (Å²) in [5.41, 5.74) is -0.115. The Labute approximate surface area is 152 Å². The molecular weight excluding hydrogens is 416 g/mol. The summed E-state index contributed by atoms with van der Waals surface area (Å²) in [6, 6.07) is 11.0. The van der Waals surface area contributed by atoms with Gasteiger partial charge >= 0.3 is 5.97 Å². The van der Waals surface area contributed by atoms with Gasteiger partial charge in [0.2, 0.25) is 0 Å². The summed E-state index contributed by atoms with van der Waals surface area (Å²) in [5.74, 6) is -1.16. The molecule has 0 aliphatic rings. The molecular formula is C15H13BrN2O6S. The first-order chi connectivity index (χ1) is 11.7. The Morgan fingerprint density at radius 2 is 1.88 bits per heavy atom. The monoisotopic (exact) mass is 428 g/mol. The number of anilines is 1. The van der Waals surface area contributed by atoms with Gasteiger partial charge < -0.3 is 5.11 Å². The van der Waals surface area contributed by atoms with Gasteiger partial charge in [0.1, 0.15) is 0 Å². The van der Waals surface area contributed by atoms with Crippen molar-refractivity contribution in [3.8, 4) is 0 Å². The summed E-state index contributed by atoms with van der Waals surface area (Å²) >= 11 is 3.24. The Bertz CT molecular complexity index is 916. The maximum Gasteiger partial charge on any atom is 0.305 e. The van der Waals surface area contributed by atoms with E-state index in [-0.39, 0.29) is 22.8 Å². The van der Waals surface area contributed by atoms with E-state index in [0.717, 1.165) is 10.4 Å². The zero-order valence-corrected chi connectivity index (χ0v) is 15.1. The molecule has 0 spiro atoms. The van der Waals surface area contributed by atoms with E-state index in [0.29, 0.717) is 4.47 Å². The Kier molecular flexibility index (Phi) is 5.75. The Morgan fingerprint density at radius 1 is 1.20 bits per heavy atom. The lowest BCUT2D eigenvalue weighted by Crippen LogP contribution is -2.33. The van der Waals surface area contributed by atoms with Crippen LogP contribution in [0.4, 0.5) is 11.4 Å². The van der Waals surface area contributed by atoms with E-state index in [1.807, 2.05) is 0 Å². The lowest BCUT2D eigenvalue weighted by molar-refractivity contribution is -0.385. The topological polar surface area (TPSA) is 118 Å². The molecule has 1 N–H and O–H groups in total. The first kappa shape index (κ1) is 18.9. The molecule has 132 valence electrons. The predicted octanol–water partition coefficient (Wildman–Crippen LogP) is 3.03. The smallest absolute Gasteiger partial charge is 0.305 e. The van der Waals surface area contributed by atoms with E-state index >= 15 is 0 Å². The number of benzene rings is 2. The van der Waals surface area contributed by atoms with Crippen molar-refractivity contribution in [2.75, 3.05) is 10.8 Å². The molecule has 0 bridgehead atoms. The van der Waals surface area contributed by atoms with Crippen LogP contribution in [0.3, 0.4) is 0 Å². The van der Waals surface area contributed by atoms with Crippen molar-refractivity contribution in [1.29, 1.82) is 0 Å². The molecule has 10 heteroatoms. The summed E-state index contributed by atoms with van der Waals surface area (Å²) in [6.07, 6.45) is -0.416. The average Bonchev–Trinajstić information content (AvgIpc) is 2.54. The quantitative estimate of drug-likeness (QED) is 0.534. The number of hydrogen-bond acceptors (Lipinski definition) is 5. The molecule has 0 aromatic heterocycles. The zero-order valence-electron chi connectivity index (χ0n) is 12.7. The standard InChI is InChI=1S/C15H13BrN2O6S/c16-11-3-1-4-12(9-11)17(8-7-15(19)20)25(23,24)14-6-2-5-13(10-14)18(21)22/h1-6,9-10H,7-8H2,(H,19,20). The number of carbonyl (C=O) groups is 1. The van der Waals surface area contributed by atoms with E-state index in [9.17, 15) is 23.3 Å². The number of carboxylic acids is 1. The Hall–Kier alpha value is -2.46. The summed E-state index contributed by atoms with van der Waals surface area (Å²) in [5, 5.41) is 19.8. The van der Waals surface area contributed by atoms with Gasteiger partial charge in [-0.3, -0.25) is 19.2 Å². The van der Waals surface area contributed by atoms with Gasteiger partial charge in [0.05, 0.1) is 21.9 Å². The second-order valence-corrected chi connectivity index (χ2v) is 7.73. The summed E-state index contributed by atoms with van der Waals surface area (Å²) < 4.78 is 27.4. The number of nitrogens with zero attached hydrogens (tertiary/aromatic N) is 2. The normalized spacial score (nSPS) is 11.1. The van der Waals surface area contributed by atoms with Crippen LogP contribution in [0.1, 0.15) is 6.42 Å². The highest BCUT2D eigenvalue weighted by Crippen LogP contribution is 2.28. The summed E-state index contributed by atoms with van der Waals surface area (Å²) in [7, 11) is -4.18. The predicted molar refractivity (Wildman–Crippen MR) is 94.0 cm³/mol. The minimum atomic E-state index is -4.18. The van der Waals surface area contributed by atoms with E-state index in [1.54, 1.807) is 12.1 Å². The van der Waals surface area contributed by atoms with Crippen LogP contribution in [0.15, 0.2) is 57.9 Å². The first-order valence-electron chi connectivity index (χ1n) is 6.96. The van der Waals surface area contributed by atoms with Crippen LogP contribution in [0.2, 0.25) is 0 Å². The van der Waals surface area contributed by atoms with Crippen molar-refractivity contribution in [2.45, 2.75) is 11.3 Å². The van der Waals surface area contributed by atoms with E-state index < -0.39 is 27.3 Å². The molecule has 0 saturated heterocycles. The molecule has 0 aliphatic heterocycles. The maximum absolute atomic E-state index is 12.9. The largest absolute Gasteiger partial charge is 0.481 e. The molecule has 25 heavy (non-hydrogen) atoms. The van der Waals surface area contributed by atoms with Gasteiger partial charge in [-0.15, -0.1) is 0 Å². The molecule has 0 unspecified atom stereocenters. The average molecular weight is 429 g/mol. The van der Waals surface area contributed by atoms with Crippen LogP contribution in [0.5, 0.6) is 0 Å². The van der Waals surface area contributed by atoms with Crippen LogP contribution in [0, 0.1) is 10.1 Å². The van der Waals surface area contributed by atoms with Crippen molar-refractivity contribution in [2.24, 2.45) is 0 Å². The molecule has 0 heterocycles. The summed E-state index contributed by atoms with van der Waals surface area (Å²) in [4.78, 5) is 20.8. The molecule has 0 aliphatic carbocycles. The molecule has 2 aromatic rings. The van der Waals surface area contributed by atoms with Crippen molar-refractivity contribution in [3.05, 3.63) is 63.1 Å². The number of hydrogen-bond donors (Lipinski definition) is 1. The van der Waals surface area contributed by atoms with Crippen LogP contribution >= 0.6 is 15.9 Å². The van der Waals surface area contributed by atoms with Gasteiger partial charge in [-0.25, -0.2) is 8.42 Å². The number of nitro benzene ring substituents is 1. The lowest BCUT2D eigenvalue weighted by Gasteiger charge is -2.24. The van der Waals surface area contributed by atoms with Gasteiger partial charge in [-0.05, 0) is 24.3 Å². The molecule has 2 aromatic carbocycles. The second-order valence-electron chi connectivity index (χ2n) is 4.96. The third-order valence-corrected chi connectivity index (χ3v) is 5.56. The zero-order chi connectivity index (χ0) is 18.6. The van der Waals surface area contributed by atoms with Crippen LogP contribution in [-0.4, -0.2) is 31.0 Å². The van der Waals surface area contributed by atoms with Crippen LogP contribution in [-0.2, 0) is 14.8 Å². The van der Waals surface area contributed by atoms with Crippen LogP contribution in [0.25, 0.3) is 0 Å². The lowest BCUT2D eigenvalue weighted by atomic mass is 10.3. The van der Waals surface area contributed by atoms with Gasteiger partial charge in [0.15, 0.2) is 0 Å². The fourth-order valence-electron chi connectivity index (χ4n) is 2.10. The van der Waals surface area contributed by atoms with Crippen molar-refractivity contribution < 1.29 is 23.2 Å². The van der Waals surface area contributed by atoms with Crippen molar-refractivity contribution in [1.82, 2.24) is 0 Å². The number of aliphatic carboxylic acids is 1. The maximum atomic E-state index is 12.9. The van der Waals surface area contributed by atoms with Crippen LogP contribution < -0.4 is 4.31 Å². The highest BCUT2D eigenvalue weighted by molar-refractivity contribution is 9.10. The van der Waals surface area contributed by atoms with Gasteiger partial charge in [0, 0.05) is 23.2 Å². The first-order valence-corrected chi connectivity index (χ1v) is 9.19. The highest BCUT2D eigenvalue weighted by Gasteiger charge is 2.27. The number of rotatable bonds is 7. The summed E-state index contributed by atoms with van der Waals surface area (Å²) in [6.45, 7) is -0.309. The SMILES string of the molecule is O=C(O)CCN(c1cccc(Br)c1)S(=O)(=O)c1cccc([N+](=O)[O-])c1. The highest BCUT2D eigenvalue weighted by atomic mass is 79.9. The number of carboxylic acid groups (broad SMARTS) is 1. The molecule has 0 saturated carbocycles. The van der Waals surface area contributed by atoms with E-state index in [1.165, 1.54) is 30.3 Å². The minimum absolute atomic E-state index is 0.252. The molecule has 0 atom stereocenters. The Morgan fingerprint density at radius 3 is 2.48 bits per heavy atom. The van der Waals surface area contributed by atoms with Gasteiger partial charge in [-0.2, -0.15) is 0 Å². The molecule has 0 radical (unpaired) electrons. The third kappa shape index (κ3) is 4.54. The Balaban J connectivity index is 2.53. The second kappa shape index (κ2) is 7.62. The van der Waals surface area contributed by atoms with Crippen molar-refractivity contribution in [3.63, 3.8) is 0 Å². The molecule has 2 rings (SSSR count). The number of sulfonamides is 1. The molecule has 0 fully saturated rings. The molecule has 8 nitrogen and oxygen atoms in total. The fraction of sp³-hybridized carbons (Fsp3) is 0.133. The van der Waals surface area contributed by atoms with Crippen molar-refractivity contribution >= 4 is 43.3 Å². The van der Waals surface area contributed by atoms with Gasteiger partial charge in [-0.1, -0.05) is 28.1 Å². The molecule has 0 amide bonds. The number of halogens is 1. The minimum Gasteiger partial charge on any atom is -0.481 e. The van der Waals surface area contributed by atoms with Gasteiger partial charge in [0.25, 0.3) is 15.7 Å². The number of non-ortho nitro benzene ring substituents is 1. The fourth-order valence-corrected chi connectivity index (χ4v) is 3.99. The van der Waals surface area contributed by atoms with E-state index in [2.05, 4.69) is 15.9 Å². The van der Waals surface area contributed by atoms with E-state index in [4.69, 9.17) is 5.11 Å². The third-order valence-electron chi connectivity index (χ3n) is 3.24. The number of nitro groups is 1.